The van der Waals surface area contributed by atoms with E-state index in [1.54, 1.807) is 55.6 Å². The van der Waals surface area contributed by atoms with E-state index in [9.17, 15) is 4.79 Å². The number of nitrogens with zero attached hydrogens (tertiary/aromatic N) is 1. The van der Waals surface area contributed by atoms with Gasteiger partial charge in [-0.25, -0.2) is 4.99 Å². The lowest BCUT2D eigenvalue weighted by molar-refractivity contribution is -0.117. The number of amides is 1. The highest BCUT2D eigenvalue weighted by Gasteiger charge is 2.18. The van der Waals surface area contributed by atoms with E-state index in [4.69, 9.17) is 43.5 Å². The van der Waals surface area contributed by atoms with Crippen LogP contribution in [0.3, 0.4) is 0 Å². The molecule has 1 aliphatic heterocycles. The number of nitrogens with one attached hydrogen (secondary N) is 3. The van der Waals surface area contributed by atoms with Crippen molar-refractivity contribution in [1.29, 1.82) is 0 Å². The molecular weight excluding hydrogens is 505 g/mol. The lowest BCUT2D eigenvalue weighted by atomic mass is 10.1. The zero-order valence-electron chi connectivity index (χ0n) is 19.8. The summed E-state index contributed by atoms with van der Waals surface area (Å²) in [5.74, 6) is 1.63. The van der Waals surface area contributed by atoms with Gasteiger partial charge < -0.3 is 36.3 Å². The first kappa shape index (κ1) is 27.3. The third-order valence-electron chi connectivity index (χ3n) is 5.06. The lowest BCUT2D eigenvalue weighted by Gasteiger charge is -2.12. The Labute approximate surface area is 220 Å². The van der Waals surface area contributed by atoms with Gasteiger partial charge in [0.15, 0.2) is 0 Å². The SMILES string of the molecule is CNC1=C(C(N)=Nc2ccc(Oc3cccc(Cl)c3)c(Cl)c2)C=C(C(=O)NCCOCCO)CCN1. The zero-order chi connectivity index (χ0) is 25.9. The van der Waals surface area contributed by atoms with Gasteiger partial charge in [-0.1, -0.05) is 29.3 Å². The fourth-order valence-electron chi connectivity index (χ4n) is 3.36. The fraction of sp³-hybridized carbons (Fsp3) is 0.280. The second kappa shape index (κ2) is 13.7. The highest BCUT2D eigenvalue weighted by Crippen LogP contribution is 2.33. The maximum atomic E-state index is 12.7. The van der Waals surface area contributed by atoms with E-state index in [1.807, 2.05) is 0 Å². The first-order chi connectivity index (χ1) is 17.4. The van der Waals surface area contributed by atoms with Crippen LogP contribution in [-0.2, 0) is 9.53 Å². The highest BCUT2D eigenvalue weighted by atomic mass is 35.5. The molecule has 36 heavy (non-hydrogen) atoms. The molecule has 0 unspecified atom stereocenters. The van der Waals surface area contributed by atoms with Crippen molar-refractivity contribution in [2.24, 2.45) is 10.7 Å². The van der Waals surface area contributed by atoms with Crippen LogP contribution in [-0.4, -0.2) is 56.8 Å². The Kier molecular flexibility index (Phi) is 10.4. The van der Waals surface area contributed by atoms with Crippen LogP contribution in [0.25, 0.3) is 0 Å². The minimum absolute atomic E-state index is 0.0623. The molecule has 0 spiro atoms. The second-order valence-electron chi connectivity index (χ2n) is 7.65. The highest BCUT2D eigenvalue weighted by molar-refractivity contribution is 6.32. The normalized spacial score (nSPS) is 14.0. The number of amidine groups is 1. The maximum Gasteiger partial charge on any atom is 0.247 e. The summed E-state index contributed by atoms with van der Waals surface area (Å²) in [5.41, 5.74) is 7.98. The summed E-state index contributed by atoms with van der Waals surface area (Å²) in [5, 5.41) is 18.8. The smallest absolute Gasteiger partial charge is 0.247 e. The van der Waals surface area contributed by atoms with Gasteiger partial charge in [0.1, 0.15) is 23.2 Å². The van der Waals surface area contributed by atoms with Gasteiger partial charge in [0.2, 0.25) is 5.91 Å². The second-order valence-corrected chi connectivity index (χ2v) is 8.49. The molecule has 0 fully saturated rings. The van der Waals surface area contributed by atoms with Crippen molar-refractivity contribution in [3.63, 3.8) is 0 Å². The van der Waals surface area contributed by atoms with Gasteiger partial charge in [-0.15, -0.1) is 0 Å². The number of hydrogen-bond acceptors (Lipinski definition) is 7. The summed E-state index contributed by atoms with van der Waals surface area (Å²) in [7, 11) is 1.76. The molecule has 1 heterocycles. The van der Waals surface area contributed by atoms with Crippen LogP contribution in [0.2, 0.25) is 10.0 Å². The third kappa shape index (κ3) is 7.89. The zero-order valence-corrected chi connectivity index (χ0v) is 21.3. The van der Waals surface area contributed by atoms with Crippen LogP contribution in [0.5, 0.6) is 11.5 Å². The molecule has 192 valence electrons. The molecule has 0 radical (unpaired) electrons. The average molecular weight is 534 g/mol. The van der Waals surface area contributed by atoms with E-state index in [0.717, 1.165) is 0 Å². The van der Waals surface area contributed by atoms with Crippen molar-refractivity contribution in [1.82, 2.24) is 16.0 Å². The van der Waals surface area contributed by atoms with E-state index in [2.05, 4.69) is 20.9 Å². The Bertz CT molecular complexity index is 1170. The topological polar surface area (TPSA) is 130 Å². The molecule has 0 bridgehead atoms. The number of benzene rings is 2. The van der Waals surface area contributed by atoms with E-state index in [1.165, 1.54) is 0 Å². The number of carbonyl (C=O) groups is 1. The van der Waals surface area contributed by atoms with Gasteiger partial charge in [-0.2, -0.15) is 0 Å². The summed E-state index contributed by atoms with van der Waals surface area (Å²) < 4.78 is 11.0. The number of aliphatic imine (C=N–C) groups is 1. The number of rotatable bonds is 11. The van der Waals surface area contributed by atoms with E-state index < -0.39 is 0 Å². The molecule has 9 nitrogen and oxygen atoms in total. The summed E-state index contributed by atoms with van der Waals surface area (Å²) in [4.78, 5) is 17.2. The van der Waals surface area contributed by atoms with Gasteiger partial charge in [0.05, 0.1) is 36.1 Å². The molecule has 0 saturated heterocycles. The lowest BCUT2D eigenvalue weighted by Crippen LogP contribution is -2.30. The van der Waals surface area contributed by atoms with Crippen molar-refractivity contribution in [2.75, 3.05) is 40.0 Å². The Morgan fingerprint density at radius 3 is 2.78 bits per heavy atom. The van der Waals surface area contributed by atoms with Gasteiger partial charge in [-0.3, -0.25) is 4.79 Å². The number of aliphatic hydroxyl groups is 1. The maximum absolute atomic E-state index is 12.7. The molecule has 1 aliphatic rings. The number of aliphatic hydroxyl groups excluding tert-OH is 1. The van der Waals surface area contributed by atoms with E-state index >= 15 is 0 Å². The summed E-state index contributed by atoms with van der Waals surface area (Å²) in [6, 6.07) is 12.1. The van der Waals surface area contributed by atoms with Crippen LogP contribution >= 0.6 is 23.2 Å². The number of carbonyl (C=O) groups excluding carboxylic acids is 1. The van der Waals surface area contributed by atoms with Crippen molar-refractivity contribution in [3.05, 3.63) is 75.6 Å². The van der Waals surface area contributed by atoms with Crippen LogP contribution in [0, 0.1) is 0 Å². The monoisotopic (exact) mass is 533 g/mol. The van der Waals surface area contributed by atoms with E-state index in [0.29, 0.717) is 70.3 Å². The van der Waals surface area contributed by atoms with Gasteiger partial charge >= 0.3 is 0 Å². The van der Waals surface area contributed by atoms with Crippen LogP contribution in [0.15, 0.2) is 70.5 Å². The largest absolute Gasteiger partial charge is 0.456 e. The molecule has 11 heteroatoms. The molecule has 0 aromatic heterocycles. The Balaban J connectivity index is 1.78. The van der Waals surface area contributed by atoms with Crippen molar-refractivity contribution in [3.8, 4) is 11.5 Å². The van der Waals surface area contributed by atoms with Gasteiger partial charge in [0, 0.05) is 30.7 Å². The predicted octanol–water partition coefficient (Wildman–Crippen LogP) is 3.25. The summed E-state index contributed by atoms with van der Waals surface area (Å²) in [6.45, 7) is 1.34. The van der Waals surface area contributed by atoms with Crippen molar-refractivity contribution >= 4 is 40.6 Å². The molecule has 6 N–H and O–H groups in total. The number of ether oxygens (including phenoxy) is 2. The Morgan fingerprint density at radius 1 is 1.22 bits per heavy atom. The Morgan fingerprint density at radius 2 is 2.06 bits per heavy atom. The van der Waals surface area contributed by atoms with Crippen LogP contribution in [0.1, 0.15) is 6.42 Å². The molecular formula is C25H29Cl2N5O4. The molecule has 1 amide bonds. The molecule has 0 saturated carbocycles. The molecule has 0 atom stereocenters. The van der Waals surface area contributed by atoms with E-state index in [-0.39, 0.29) is 25.0 Å². The first-order valence-corrected chi connectivity index (χ1v) is 12.1. The van der Waals surface area contributed by atoms with Crippen molar-refractivity contribution in [2.45, 2.75) is 6.42 Å². The van der Waals surface area contributed by atoms with Gasteiger partial charge in [0.25, 0.3) is 0 Å². The van der Waals surface area contributed by atoms with Crippen molar-refractivity contribution < 1.29 is 19.4 Å². The molecule has 2 aromatic rings. The Hall–Kier alpha value is -3.24. The number of hydrogen-bond donors (Lipinski definition) is 5. The minimum Gasteiger partial charge on any atom is -0.456 e. The van der Waals surface area contributed by atoms with Gasteiger partial charge in [-0.05, 0) is 48.9 Å². The minimum atomic E-state index is -0.224. The fourth-order valence-corrected chi connectivity index (χ4v) is 3.75. The summed E-state index contributed by atoms with van der Waals surface area (Å²) in [6.07, 6.45) is 2.21. The quantitative estimate of drug-likeness (QED) is 0.170. The molecule has 0 aliphatic carbocycles. The summed E-state index contributed by atoms with van der Waals surface area (Å²) >= 11 is 12.4. The number of nitrogens with two attached hydrogens (primary N) is 1. The average Bonchev–Trinajstić information content (AvgIpc) is 3.08. The standard InChI is InChI=1S/C25H29Cl2N5O4/c1-29-24-20(13-16(7-8-30-24)25(34)31-9-11-35-12-10-33)23(28)32-18-5-6-22(21(27)15-18)36-19-4-2-3-17(26)14-19/h2-6,13-15,29-30,33H,7-12H2,1H3,(H2,28,32)(H,31,34). The first-order valence-electron chi connectivity index (χ1n) is 11.3. The van der Waals surface area contributed by atoms with Crippen LogP contribution in [0.4, 0.5) is 5.69 Å². The third-order valence-corrected chi connectivity index (χ3v) is 5.59. The molecule has 3 rings (SSSR count). The van der Waals surface area contributed by atoms with Crippen LogP contribution < -0.4 is 26.4 Å². The molecule has 2 aromatic carbocycles. The number of halogens is 2. The predicted molar refractivity (Wildman–Crippen MR) is 142 cm³/mol.